The zero-order chi connectivity index (χ0) is 23.5. The minimum absolute atomic E-state index is 0.0323. The average molecular weight is 467 g/mol. The Kier molecular flexibility index (Phi) is 6.26. The van der Waals surface area contributed by atoms with Crippen molar-refractivity contribution in [3.05, 3.63) is 85.6 Å². The van der Waals surface area contributed by atoms with Crippen molar-refractivity contribution in [3.8, 4) is 11.8 Å². The molecule has 168 valence electrons. The van der Waals surface area contributed by atoms with E-state index in [0.717, 1.165) is 4.57 Å². The van der Waals surface area contributed by atoms with Gasteiger partial charge in [-0.15, -0.1) is 0 Å². The first-order chi connectivity index (χ1) is 15.9. The van der Waals surface area contributed by atoms with E-state index in [0.29, 0.717) is 10.7 Å². The third kappa shape index (κ3) is 4.24. The smallest absolute Gasteiger partial charge is 0.332 e. The molecule has 10 nitrogen and oxygen atoms in total. The van der Waals surface area contributed by atoms with Gasteiger partial charge in [0.15, 0.2) is 11.2 Å². The van der Waals surface area contributed by atoms with Gasteiger partial charge in [-0.3, -0.25) is 23.5 Å². The van der Waals surface area contributed by atoms with Crippen LogP contribution in [0.4, 0.5) is 5.69 Å². The Balaban J connectivity index is 1.96. The normalized spacial score (nSPS) is 11.0. The van der Waals surface area contributed by atoms with E-state index < -0.39 is 11.2 Å². The summed E-state index contributed by atoms with van der Waals surface area (Å²) in [5, 5.41) is 9.64. The van der Waals surface area contributed by atoms with Crippen molar-refractivity contribution in [3.63, 3.8) is 0 Å². The molecular weight excluding hydrogens is 448 g/mol. The third-order valence-corrected chi connectivity index (χ3v) is 5.26. The van der Waals surface area contributed by atoms with Crippen LogP contribution >= 0.6 is 11.6 Å². The minimum Gasteiger partial charge on any atom is -0.437 e. The number of imidazole rings is 1. The lowest BCUT2D eigenvalue weighted by Crippen LogP contribution is -2.39. The van der Waals surface area contributed by atoms with Crippen molar-refractivity contribution in [1.82, 2.24) is 23.7 Å². The van der Waals surface area contributed by atoms with E-state index in [1.54, 1.807) is 36.4 Å². The van der Waals surface area contributed by atoms with Gasteiger partial charge in [-0.05, 0) is 24.6 Å². The van der Waals surface area contributed by atoms with E-state index in [2.05, 4.69) is 14.8 Å². The van der Waals surface area contributed by atoms with Gasteiger partial charge in [0, 0.05) is 26.4 Å². The number of hydrogen-bond acceptors (Lipinski definition) is 6. The summed E-state index contributed by atoms with van der Waals surface area (Å²) in [5.41, 5.74) is 0.0170. The number of nitrogens with zero attached hydrogens (tertiary/aromatic N) is 6. The second-order valence-electron chi connectivity index (χ2n) is 7.18. The summed E-state index contributed by atoms with van der Waals surface area (Å²) < 4.78 is 9.80. The number of rotatable bonds is 7. The van der Waals surface area contributed by atoms with Crippen molar-refractivity contribution in [2.24, 2.45) is 7.05 Å². The van der Waals surface area contributed by atoms with Gasteiger partial charge < -0.3 is 9.84 Å². The number of benzene rings is 1. The Morgan fingerprint density at radius 1 is 1.18 bits per heavy atom. The number of pyridine rings is 1. The third-order valence-electron chi connectivity index (χ3n) is 5.03. The fourth-order valence-electron chi connectivity index (χ4n) is 3.40. The molecule has 0 spiro atoms. The van der Waals surface area contributed by atoms with Crippen molar-refractivity contribution in [1.29, 1.82) is 0 Å². The first kappa shape index (κ1) is 22.3. The molecule has 1 aromatic carbocycles. The topological polar surface area (TPSA) is 109 Å². The molecule has 3 heterocycles. The predicted octanol–water partition coefficient (Wildman–Crippen LogP) is 2.72. The number of hydrogen-bond donors (Lipinski definition) is 1. The molecule has 33 heavy (non-hydrogen) atoms. The molecule has 1 N–H and O–H groups in total. The first-order valence-electron chi connectivity index (χ1n) is 10.00. The predicted molar refractivity (Wildman–Crippen MR) is 122 cm³/mol. The van der Waals surface area contributed by atoms with Gasteiger partial charge in [-0.1, -0.05) is 29.8 Å². The van der Waals surface area contributed by atoms with Crippen LogP contribution in [-0.2, 0) is 20.1 Å². The molecule has 0 saturated heterocycles. The highest BCUT2D eigenvalue weighted by Gasteiger charge is 2.22. The van der Waals surface area contributed by atoms with Crippen LogP contribution in [0.15, 0.2) is 52.2 Å². The maximum Gasteiger partial charge on any atom is 0.332 e. The highest BCUT2D eigenvalue weighted by atomic mass is 35.5. The van der Waals surface area contributed by atoms with Crippen molar-refractivity contribution in [2.45, 2.75) is 19.5 Å². The number of ether oxygens (including phenoxy) is 1. The highest BCUT2D eigenvalue weighted by molar-refractivity contribution is 6.30. The lowest BCUT2D eigenvalue weighted by atomic mass is 10.3. The van der Waals surface area contributed by atoms with Crippen molar-refractivity contribution >= 4 is 28.5 Å². The molecule has 0 saturated carbocycles. The summed E-state index contributed by atoms with van der Waals surface area (Å²) in [7, 11) is 1.51. The molecule has 0 bridgehead atoms. The van der Waals surface area contributed by atoms with Gasteiger partial charge in [-0.2, -0.15) is 4.98 Å². The number of halogens is 1. The van der Waals surface area contributed by atoms with Crippen LogP contribution in [0, 0.1) is 6.57 Å². The zero-order valence-electron chi connectivity index (χ0n) is 17.6. The molecule has 3 aromatic heterocycles. The summed E-state index contributed by atoms with van der Waals surface area (Å²) >= 11 is 5.95. The van der Waals surface area contributed by atoms with E-state index in [1.807, 2.05) is 0 Å². The number of aromatic nitrogens is 5. The zero-order valence-corrected chi connectivity index (χ0v) is 18.4. The largest absolute Gasteiger partial charge is 0.437 e. The van der Waals surface area contributed by atoms with E-state index in [-0.39, 0.29) is 54.7 Å². The molecule has 4 aromatic rings. The van der Waals surface area contributed by atoms with Crippen LogP contribution in [0.3, 0.4) is 0 Å². The molecule has 0 aliphatic rings. The summed E-state index contributed by atoms with van der Waals surface area (Å²) in [4.78, 5) is 38.3. The Labute approximate surface area is 192 Å². The van der Waals surface area contributed by atoms with E-state index in [9.17, 15) is 14.7 Å². The lowest BCUT2D eigenvalue weighted by molar-refractivity contribution is 0.277. The van der Waals surface area contributed by atoms with Crippen LogP contribution in [0.5, 0.6) is 11.8 Å². The van der Waals surface area contributed by atoms with Gasteiger partial charge in [0.1, 0.15) is 5.75 Å². The van der Waals surface area contributed by atoms with E-state index in [1.165, 1.54) is 22.4 Å². The van der Waals surface area contributed by atoms with Gasteiger partial charge in [-0.25, -0.2) is 9.64 Å². The van der Waals surface area contributed by atoms with Crippen LogP contribution in [0.2, 0.25) is 5.02 Å². The van der Waals surface area contributed by atoms with Crippen molar-refractivity contribution in [2.75, 3.05) is 6.61 Å². The maximum absolute atomic E-state index is 13.3. The van der Waals surface area contributed by atoms with E-state index in [4.69, 9.17) is 22.9 Å². The van der Waals surface area contributed by atoms with Crippen LogP contribution < -0.4 is 16.0 Å². The molecule has 0 aliphatic carbocycles. The monoisotopic (exact) mass is 466 g/mol. The first-order valence-corrected chi connectivity index (χ1v) is 10.4. The summed E-state index contributed by atoms with van der Waals surface area (Å²) in [6, 6.07) is 10.1. The molecule has 0 fully saturated rings. The maximum atomic E-state index is 13.3. The molecule has 0 amide bonds. The summed E-state index contributed by atoms with van der Waals surface area (Å²) in [6.45, 7) is 7.38. The molecule has 4 rings (SSSR count). The summed E-state index contributed by atoms with van der Waals surface area (Å²) in [6.07, 6.45) is 1.73. The van der Waals surface area contributed by atoms with Gasteiger partial charge in [0.25, 0.3) is 5.56 Å². The number of aryl methyl sites for hydroxylation is 1. The van der Waals surface area contributed by atoms with Gasteiger partial charge in [0.05, 0.1) is 23.8 Å². The van der Waals surface area contributed by atoms with Crippen LogP contribution in [-0.4, -0.2) is 35.4 Å². The lowest BCUT2D eigenvalue weighted by Gasteiger charge is -2.11. The second-order valence-corrected chi connectivity index (χ2v) is 7.61. The average Bonchev–Trinajstić information content (AvgIpc) is 3.17. The fraction of sp³-hybridized carbons (Fsp3) is 0.227. The number of aliphatic hydroxyl groups is 1. The highest BCUT2D eigenvalue weighted by Crippen LogP contribution is 2.32. The molecule has 11 heteroatoms. The Morgan fingerprint density at radius 2 is 1.97 bits per heavy atom. The summed E-state index contributed by atoms with van der Waals surface area (Å²) in [5.74, 6) is 0.263. The molecule has 0 radical (unpaired) electrons. The quantitative estimate of drug-likeness (QED) is 0.419. The molecule has 0 atom stereocenters. The molecule has 0 unspecified atom stereocenters. The number of aliphatic hydroxyl groups excluding tert-OH is 1. The standard InChI is InChI=1S/C22H19ClN6O4/c1-24-16-6-3-4-7-17(16)33-21-26-19-18(29(21)13-15-9-8-14(23)12-25-15)20(31)28(10-5-11-30)22(32)27(19)2/h3-4,6-9,12,30H,5,10-11,13H2,2H3. The van der Waals surface area contributed by atoms with Crippen LogP contribution in [0.25, 0.3) is 16.0 Å². The Hall–Kier alpha value is -3.94. The Morgan fingerprint density at radius 3 is 2.67 bits per heavy atom. The fourth-order valence-corrected chi connectivity index (χ4v) is 3.51. The van der Waals surface area contributed by atoms with Gasteiger partial charge in [0.2, 0.25) is 5.69 Å². The molecule has 0 aliphatic heterocycles. The Bertz CT molecular complexity index is 1480. The van der Waals surface area contributed by atoms with Crippen LogP contribution in [0.1, 0.15) is 12.1 Å². The van der Waals surface area contributed by atoms with E-state index >= 15 is 0 Å². The number of fused-ring (bicyclic) bond motifs is 1. The van der Waals surface area contributed by atoms with Gasteiger partial charge >= 0.3 is 11.7 Å². The minimum atomic E-state index is -0.559. The van der Waals surface area contributed by atoms with Crippen molar-refractivity contribution < 1.29 is 9.84 Å². The number of para-hydroxylation sites is 2. The molecular formula is C22H19ClN6O4. The SMILES string of the molecule is [C-]#[N+]c1ccccc1Oc1nc2c(c(=O)n(CCCO)c(=O)n2C)n1Cc1ccc(Cl)cn1. The second kappa shape index (κ2) is 9.28.